The summed E-state index contributed by atoms with van der Waals surface area (Å²) in [6, 6.07) is 5.56. The van der Waals surface area contributed by atoms with Gasteiger partial charge in [0.25, 0.3) is 0 Å². The number of hydrogen-bond acceptors (Lipinski definition) is 4. The van der Waals surface area contributed by atoms with E-state index in [9.17, 15) is 0 Å². The van der Waals surface area contributed by atoms with Crippen LogP contribution in [-0.2, 0) is 6.54 Å². The van der Waals surface area contributed by atoms with Crippen LogP contribution in [0.25, 0.3) is 11.5 Å². The normalized spacial score (nSPS) is 10.6. The molecule has 0 bridgehead atoms. The number of hydrogen-bond donors (Lipinski definition) is 1. The van der Waals surface area contributed by atoms with E-state index < -0.39 is 0 Å². The van der Waals surface area contributed by atoms with E-state index in [1.807, 2.05) is 12.1 Å². The van der Waals surface area contributed by atoms with Crippen molar-refractivity contribution in [2.45, 2.75) is 6.54 Å². The Kier molecular flexibility index (Phi) is 3.22. The molecule has 6 heteroatoms. The van der Waals surface area contributed by atoms with E-state index in [-0.39, 0.29) is 6.54 Å². The predicted octanol–water partition coefficient (Wildman–Crippen LogP) is 2.45. The van der Waals surface area contributed by atoms with Crippen molar-refractivity contribution < 1.29 is 4.42 Å². The quantitative estimate of drug-likeness (QED) is 0.856. The van der Waals surface area contributed by atoms with Gasteiger partial charge in [0.05, 0.1) is 11.6 Å². The highest BCUT2D eigenvalue weighted by Crippen LogP contribution is 2.25. The lowest BCUT2D eigenvalue weighted by Gasteiger charge is -1.97. The molecular weight excluding hydrogens is 328 g/mol. The van der Waals surface area contributed by atoms with Gasteiger partial charge in [0.15, 0.2) is 0 Å². The molecule has 2 aromatic rings. The molecule has 0 spiro atoms. The molecule has 0 amide bonds. The lowest BCUT2D eigenvalue weighted by Crippen LogP contribution is -1.95. The van der Waals surface area contributed by atoms with Crippen molar-refractivity contribution in [2.24, 2.45) is 5.73 Å². The number of nitrogens with two attached hydrogens (primary N) is 1. The second-order valence-corrected chi connectivity index (χ2v) is 4.40. The van der Waals surface area contributed by atoms with Crippen LogP contribution in [0, 0.1) is 3.57 Å². The Morgan fingerprint density at radius 1 is 1.40 bits per heavy atom. The van der Waals surface area contributed by atoms with Crippen LogP contribution >= 0.6 is 34.2 Å². The third-order valence-corrected chi connectivity index (χ3v) is 3.38. The molecular formula is C9H7ClIN3O. The van der Waals surface area contributed by atoms with Crippen LogP contribution in [-0.4, -0.2) is 10.2 Å². The van der Waals surface area contributed by atoms with Gasteiger partial charge < -0.3 is 10.2 Å². The third kappa shape index (κ3) is 2.30. The average molecular weight is 336 g/mol. The highest BCUT2D eigenvalue weighted by molar-refractivity contribution is 14.1. The van der Waals surface area contributed by atoms with Gasteiger partial charge in [0, 0.05) is 9.13 Å². The summed E-state index contributed by atoms with van der Waals surface area (Å²) in [7, 11) is 0. The molecule has 4 nitrogen and oxygen atoms in total. The average Bonchev–Trinajstić information content (AvgIpc) is 2.70. The van der Waals surface area contributed by atoms with Crippen molar-refractivity contribution in [3.05, 3.63) is 32.7 Å². The maximum Gasteiger partial charge on any atom is 0.247 e. The Labute approximate surface area is 105 Å². The Morgan fingerprint density at radius 3 is 2.80 bits per heavy atom. The van der Waals surface area contributed by atoms with Gasteiger partial charge in [-0.15, -0.1) is 10.2 Å². The van der Waals surface area contributed by atoms with Crippen LogP contribution in [0.15, 0.2) is 22.6 Å². The Hall–Kier alpha value is -0.660. The summed E-state index contributed by atoms with van der Waals surface area (Å²) in [4.78, 5) is 0. The van der Waals surface area contributed by atoms with Crippen molar-refractivity contribution >= 4 is 34.2 Å². The van der Waals surface area contributed by atoms with E-state index >= 15 is 0 Å². The molecule has 0 fully saturated rings. The first-order valence-electron chi connectivity index (χ1n) is 4.18. The minimum Gasteiger partial charge on any atom is -0.419 e. The van der Waals surface area contributed by atoms with Gasteiger partial charge in [-0.05, 0) is 40.8 Å². The summed E-state index contributed by atoms with van der Waals surface area (Å²) >= 11 is 8.14. The van der Waals surface area contributed by atoms with E-state index in [0.717, 1.165) is 9.13 Å². The lowest BCUT2D eigenvalue weighted by atomic mass is 10.2. The molecule has 0 aliphatic carbocycles. The second-order valence-electron chi connectivity index (χ2n) is 2.83. The molecule has 0 saturated carbocycles. The minimum atomic E-state index is 0.241. The zero-order chi connectivity index (χ0) is 10.8. The van der Waals surface area contributed by atoms with E-state index in [1.165, 1.54) is 0 Å². The first-order chi connectivity index (χ1) is 7.20. The van der Waals surface area contributed by atoms with Crippen molar-refractivity contribution in [3.8, 4) is 11.5 Å². The molecule has 15 heavy (non-hydrogen) atoms. The van der Waals surface area contributed by atoms with Gasteiger partial charge >= 0.3 is 0 Å². The Morgan fingerprint density at radius 2 is 2.20 bits per heavy atom. The molecule has 1 aromatic heterocycles. The fraction of sp³-hybridized carbons (Fsp3) is 0.111. The van der Waals surface area contributed by atoms with Crippen molar-refractivity contribution in [1.82, 2.24) is 10.2 Å². The minimum absolute atomic E-state index is 0.241. The molecule has 1 heterocycles. The van der Waals surface area contributed by atoms with Crippen LogP contribution in [0.5, 0.6) is 0 Å². The Bertz CT molecular complexity index is 486. The maximum atomic E-state index is 5.98. The smallest absolute Gasteiger partial charge is 0.247 e. The zero-order valence-electron chi connectivity index (χ0n) is 7.58. The first-order valence-corrected chi connectivity index (χ1v) is 5.64. The van der Waals surface area contributed by atoms with Crippen molar-refractivity contribution in [3.63, 3.8) is 0 Å². The van der Waals surface area contributed by atoms with E-state index in [2.05, 4.69) is 32.8 Å². The standard InChI is InChI=1S/C9H7ClIN3O/c10-6-3-5(1-2-7(6)11)9-14-13-8(4-12)15-9/h1-3H,4,12H2. The number of nitrogens with zero attached hydrogens (tertiary/aromatic N) is 2. The summed E-state index contributed by atoms with van der Waals surface area (Å²) in [5.74, 6) is 0.855. The molecule has 0 aliphatic rings. The molecule has 78 valence electrons. The van der Waals surface area contributed by atoms with Gasteiger partial charge in [0.1, 0.15) is 0 Å². The summed E-state index contributed by atoms with van der Waals surface area (Å²) in [5.41, 5.74) is 6.17. The Balaban J connectivity index is 2.40. The topological polar surface area (TPSA) is 64.9 Å². The maximum absolute atomic E-state index is 5.98. The molecule has 0 atom stereocenters. The number of halogens is 2. The van der Waals surface area contributed by atoms with Crippen LogP contribution in [0.4, 0.5) is 0 Å². The van der Waals surface area contributed by atoms with Gasteiger partial charge in [-0.25, -0.2) is 0 Å². The molecule has 2 rings (SSSR count). The molecule has 1 aromatic carbocycles. The fourth-order valence-corrected chi connectivity index (χ4v) is 1.60. The van der Waals surface area contributed by atoms with Crippen LogP contribution in [0.3, 0.4) is 0 Å². The van der Waals surface area contributed by atoms with Crippen LogP contribution < -0.4 is 5.73 Å². The van der Waals surface area contributed by atoms with E-state index in [0.29, 0.717) is 16.8 Å². The number of benzene rings is 1. The summed E-state index contributed by atoms with van der Waals surface area (Å²) < 4.78 is 6.29. The van der Waals surface area contributed by atoms with Gasteiger partial charge in [0.2, 0.25) is 11.8 Å². The SMILES string of the molecule is NCc1nnc(-c2ccc(I)c(Cl)c2)o1. The second kappa shape index (κ2) is 4.46. The first kappa shape index (κ1) is 10.8. The van der Waals surface area contributed by atoms with Gasteiger partial charge in [-0.2, -0.15) is 0 Å². The lowest BCUT2D eigenvalue weighted by molar-refractivity contribution is 0.508. The zero-order valence-corrected chi connectivity index (χ0v) is 10.5. The summed E-state index contributed by atoms with van der Waals surface area (Å²) in [5, 5.41) is 8.31. The van der Waals surface area contributed by atoms with Crippen LogP contribution in [0.2, 0.25) is 5.02 Å². The fourth-order valence-electron chi connectivity index (χ4n) is 1.08. The van der Waals surface area contributed by atoms with Crippen molar-refractivity contribution in [2.75, 3.05) is 0 Å². The molecule has 0 radical (unpaired) electrons. The highest BCUT2D eigenvalue weighted by Gasteiger charge is 2.08. The van der Waals surface area contributed by atoms with Gasteiger partial charge in [-0.3, -0.25) is 0 Å². The summed E-state index contributed by atoms with van der Waals surface area (Å²) in [6.45, 7) is 0.241. The van der Waals surface area contributed by atoms with E-state index in [4.69, 9.17) is 21.8 Å². The molecule has 2 N–H and O–H groups in total. The predicted molar refractivity (Wildman–Crippen MR) is 65.4 cm³/mol. The number of aromatic nitrogens is 2. The van der Waals surface area contributed by atoms with Gasteiger partial charge in [-0.1, -0.05) is 11.6 Å². The molecule has 0 unspecified atom stereocenters. The van der Waals surface area contributed by atoms with Crippen molar-refractivity contribution in [1.29, 1.82) is 0 Å². The monoisotopic (exact) mass is 335 g/mol. The molecule has 0 saturated heterocycles. The van der Waals surface area contributed by atoms with E-state index in [1.54, 1.807) is 6.07 Å². The highest BCUT2D eigenvalue weighted by atomic mass is 127. The largest absolute Gasteiger partial charge is 0.419 e. The number of rotatable bonds is 2. The third-order valence-electron chi connectivity index (χ3n) is 1.81. The summed E-state index contributed by atoms with van der Waals surface area (Å²) in [6.07, 6.45) is 0. The van der Waals surface area contributed by atoms with Crippen LogP contribution in [0.1, 0.15) is 5.89 Å². The molecule has 0 aliphatic heterocycles.